The molecule has 1 fully saturated rings. The molecule has 0 unspecified atom stereocenters. The van der Waals surface area contributed by atoms with Crippen LogP contribution >= 0.6 is 0 Å². The van der Waals surface area contributed by atoms with Crippen LogP contribution in [0.25, 0.3) is 0 Å². The molecule has 0 aliphatic carbocycles. The molecule has 1 aromatic heterocycles. The van der Waals surface area contributed by atoms with Gasteiger partial charge in [0.25, 0.3) is 5.91 Å². The summed E-state index contributed by atoms with van der Waals surface area (Å²) >= 11 is 0. The van der Waals surface area contributed by atoms with Crippen LogP contribution < -0.4 is 0 Å². The molecule has 5 heteroatoms. The first-order valence-corrected chi connectivity index (χ1v) is 8.62. The highest BCUT2D eigenvalue weighted by Gasteiger charge is 2.33. The van der Waals surface area contributed by atoms with Crippen molar-refractivity contribution in [2.24, 2.45) is 0 Å². The van der Waals surface area contributed by atoms with Crippen molar-refractivity contribution in [3.8, 4) is 0 Å². The van der Waals surface area contributed by atoms with Crippen molar-refractivity contribution < 1.29 is 9.53 Å². The molecule has 1 aliphatic heterocycles. The first kappa shape index (κ1) is 17.6. The molecule has 0 N–H and O–H groups in total. The van der Waals surface area contributed by atoms with Gasteiger partial charge in [-0.3, -0.25) is 9.69 Å². The predicted octanol–water partition coefficient (Wildman–Crippen LogP) is 2.53. The summed E-state index contributed by atoms with van der Waals surface area (Å²) in [6, 6.07) is 16.0. The summed E-state index contributed by atoms with van der Waals surface area (Å²) in [5.41, 5.74) is 2.53. The first-order chi connectivity index (χ1) is 12.1. The van der Waals surface area contributed by atoms with Crippen LogP contribution in [-0.4, -0.2) is 60.6 Å². The van der Waals surface area contributed by atoms with Crippen LogP contribution in [0.2, 0.25) is 0 Å². The van der Waals surface area contributed by atoms with Crippen molar-refractivity contribution in [3.05, 3.63) is 65.5 Å². The van der Waals surface area contributed by atoms with Gasteiger partial charge in [0.1, 0.15) is 5.69 Å². The monoisotopic (exact) mass is 339 g/mol. The molecule has 5 nitrogen and oxygen atoms in total. The number of aryl methyl sites for hydroxylation is 1. The van der Waals surface area contributed by atoms with Gasteiger partial charge in [-0.25, -0.2) is 4.98 Å². The van der Waals surface area contributed by atoms with Gasteiger partial charge in [0.2, 0.25) is 0 Å². The number of amides is 1. The molecule has 0 radical (unpaired) electrons. The minimum Gasteiger partial charge on any atom is -0.373 e. The Morgan fingerprint density at radius 2 is 2.00 bits per heavy atom. The van der Waals surface area contributed by atoms with Crippen molar-refractivity contribution in [1.82, 2.24) is 14.8 Å². The maximum absolute atomic E-state index is 12.7. The van der Waals surface area contributed by atoms with E-state index in [0.29, 0.717) is 18.8 Å². The molecule has 25 heavy (non-hydrogen) atoms. The molecule has 1 saturated heterocycles. The topological polar surface area (TPSA) is 45.7 Å². The second-order valence-electron chi connectivity index (χ2n) is 6.60. The molecule has 1 aliphatic rings. The van der Waals surface area contributed by atoms with Gasteiger partial charge < -0.3 is 9.64 Å². The Hall–Kier alpha value is -2.24. The zero-order valence-corrected chi connectivity index (χ0v) is 15.1. The van der Waals surface area contributed by atoms with E-state index in [4.69, 9.17) is 4.74 Å². The summed E-state index contributed by atoms with van der Waals surface area (Å²) in [7, 11) is 3.92. The molecular weight excluding hydrogens is 314 g/mol. The molecule has 0 saturated carbocycles. The van der Waals surface area contributed by atoms with Crippen LogP contribution in [0.15, 0.2) is 48.5 Å². The summed E-state index contributed by atoms with van der Waals surface area (Å²) in [5.74, 6) is -0.0765. The SMILES string of the molecule is Cc1cccc(C(=O)N(C)C[C@@H]2OCCN(C)[C@H]2c2ccccc2)n1. The third-order valence-electron chi connectivity index (χ3n) is 4.65. The van der Waals surface area contributed by atoms with Crippen LogP contribution in [0, 0.1) is 6.92 Å². The average molecular weight is 339 g/mol. The van der Waals surface area contributed by atoms with Crippen molar-refractivity contribution in [3.63, 3.8) is 0 Å². The lowest BCUT2D eigenvalue weighted by atomic mass is 9.98. The summed E-state index contributed by atoms with van der Waals surface area (Å²) in [6.45, 7) is 3.97. The van der Waals surface area contributed by atoms with E-state index in [1.54, 1.807) is 11.0 Å². The summed E-state index contributed by atoms with van der Waals surface area (Å²) in [5, 5.41) is 0. The number of likely N-dealkylation sites (N-methyl/N-ethyl adjacent to an activating group) is 2. The van der Waals surface area contributed by atoms with E-state index in [-0.39, 0.29) is 18.1 Å². The van der Waals surface area contributed by atoms with E-state index in [0.717, 1.165) is 12.2 Å². The Balaban J connectivity index is 1.76. The van der Waals surface area contributed by atoms with Gasteiger partial charge in [-0.15, -0.1) is 0 Å². The van der Waals surface area contributed by atoms with E-state index in [1.165, 1.54) is 5.56 Å². The fourth-order valence-corrected chi connectivity index (χ4v) is 3.34. The highest BCUT2D eigenvalue weighted by atomic mass is 16.5. The molecule has 0 spiro atoms. The summed E-state index contributed by atoms with van der Waals surface area (Å²) < 4.78 is 6.04. The van der Waals surface area contributed by atoms with Crippen molar-refractivity contribution in [2.75, 3.05) is 33.8 Å². The molecule has 1 aromatic carbocycles. The molecular formula is C20H25N3O2. The second kappa shape index (κ2) is 7.76. The van der Waals surface area contributed by atoms with E-state index < -0.39 is 0 Å². The van der Waals surface area contributed by atoms with Gasteiger partial charge in [0.15, 0.2) is 0 Å². The molecule has 2 heterocycles. The minimum atomic E-state index is -0.0765. The normalized spacial score (nSPS) is 21.1. The number of rotatable bonds is 4. The predicted molar refractivity (Wildman–Crippen MR) is 97.5 cm³/mol. The number of hydrogen-bond acceptors (Lipinski definition) is 4. The van der Waals surface area contributed by atoms with Crippen LogP contribution in [0.5, 0.6) is 0 Å². The number of morpholine rings is 1. The van der Waals surface area contributed by atoms with Crippen LogP contribution in [-0.2, 0) is 4.74 Å². The summed E-state index contributed by atoms with van der Waals surface area (Å²) in [4.78, 5) is 21.0. The molecule has 0 bridgehead atoms. The Bertz CT molecular complexity index is 720. The Morgan fingerprint density at radius 3 is 2.72 bits per heavy atom. The second-order valence-corrected chi connectivity index (χ2v) is 6.60. The lowest BCUT2D eigenvalue weighted by molar-refractivity contribution is -0.0708. The van der Waals surface area contributed by atoms with Crippen molar-refractivity contribution in [2.45, 2.75) is 19.1 Å². The quantitative estimate of drug-likeness (QED) is 0.859. The molecule has 2 atom stereocenters. The van der Waals surface area contributed by atoms with Crippen LogP contribution in [0.3, 0.4) is 0 Å². The van der Waals surface area contributed by atoms with Gasteiger partial charge in [-0.1, -0.05) is 36.4 Å². The standard InChI is InChI=1S/C20H25N3O2/c1-15-8-7-11-17(21-15)20(24)23(3)14-18-19(22(2)12-13-25-18)16-9-5-4-6-10-16/h4-11,18-19H,12-14H2,1-3H3/t18-,19-/m0/s1. The number of nitrogens with zero attached hydrogens (tertiary/aromatic N) is 3. The van der Waals surface area contributed by atoms with Crippen molar-refractivity contribution >= 4 is 5.91 Å². The molecule has 3 rings (SSSR count). The Kier molecular flexibility index (Phi) is 5.46. The lowest BCUT2D eigenvalue weighted by Crippen LogP contribution is -2.48. The first-order valence-electron chi connectivity index (χ1n) is 8.62. The number of hydrogen-bond donors (Lipinski definition) is 0. The number of aromatic nitrogens is 1. The van der Waals surface area contributed by atoms with E-state index in [2.05, 4.69) is 29.1 Å². The smallest absolute Gasteiger partial charge is 0.272 e. The van der Waals surface area contributed by atoms with Gasteiger partial charge >= 0.3 is 0 Å². The highest BCUT2D eigenvalue weighted by Crippen LogP contribution is 2.28. The van der Waals surface area contributed by atoms with E-state index in [1.807, 2.05) is 44.3 Å². The Morgan fingerprint density at radius 1 is 1.24 bits per heavy atom. The van der Waals surface area contributed by atoms with Crippen LogP contribution in [0.1, 0.15) is 27.8 Å². The maximum Gasteiger partial charge on any atom is 0.272 e. The van der Waals surface area contributed by atoms with Gasteiger partial charge in [-0.05, 0) is 31.7 Å². The molecule has 132 valence electrons. The zero-order valence-electron chi connectivity index (χ0n) is 15.1. The van der Waals surface area contributed by atoms with Gasteiger partial charge in [0, 0.05) is 25.8 Å². The molecule has 1 amide bonds. The third kappa shape index (κ3) is 4.06. The number of pyridine rings is 1. The fraction of sp³-hybridized carbons (Fsp3) is 0.400. The summed E-state index contributed by atoms with van der Waals surface area (Å²) in [6.07, 6.45) is -0.0695. The number of ether oxygens (including phenoxy) is 1. The van der Waals surface area contributed by atoms with Crippen molar-refractivity contribution in [1.29, 1.82) is 0 Å². The average Bonchev–Trinajstić information content (AvgIpc) is 2.62. The third-order valence-corrected chi connectivity index (χ3v) is 4.65. The zero-order chi connectivity index (χ0) is 17.8. The van der Waals surface area contributed by atoms with E-state index >= 15 is 0 Å². The van der Waals surface area contributed by atoms with Gasteiger partial charge in [0.05, 0.1) is 18.8 Å². The lowest BCUT2D eigenvalue weighted by Gasteiger charge is -2.40. The number of benzene rings is 1. The van der Waals surface area contributed by atoms with Gasteiger partial charge in [-0.2, -0.15) is 0 Å². The Labute approximate surface area is 149 Å². The fourth-order valence-electron chi connectivity index (χ4n) is 3.34. The number of carbonyl (C=O) groups excluding carboxylic acids is 1. The highest BCUT2D eigenvalue weighted by molar-refractivity contribution is 5.92. The minimum absolute atomic E-state index is 0.0695. The molecule has 2 aromatic rings. The number of carbonyl (C=O) groups is 1. The van der Waals surface area contributed by atoms with Crippen LogP contribution in [0.4, 0.5) is 0 Å². The largest absolute Gasteiger partial charge is 0.373 e. The van der Waals surface area contributed by atoms with E-state index in [9.17, 15) is 4.79 Å². The maximum atomic E-state index is 12.7.